The highest BCUT2D eigenvalue weighted by Crippen LogP contribution is 2.27. The third-order valence-electron chi connectivity index (χ3n) is 4.06. The van der Waals surface area contributed by atoms with E-state index in [-0.39, 0.29) is 5.91 Å². The Morgan fingerprint density at radius 1 is 1.20 bits per heavy atom. The SMILES string of the molecule is O=C1CCc2ccc(OCCCN3CCCC3)cc2N1. The van der Waals surface area contributed by atoms with Crippen LogP contribution in [-0.4, -0.2) is 37.0 Å². The predicted molar refractivity (Wildman–Crippen MR) is 79.2 cm³/mol. The second kappa shape index (κ2) is 6.27. The van der Waals surface area contributed by atoms with E-state index in [4.69, 9.17) is 4.74 Å². The summed E-state index contributed by atoms with van der Waals surface area (Å²) in [6.07, 6.45) is 5.15. The van der Waals surface area contributed by atoms with Crippen LogP contribution in [0.3, 0.4) is 0 Å². The summed E-state index contributed by atoms with van der Waals surface area (Å²) in [7, 11) is 0. The maximum atomic E-state index is 11.4. The van der Waals surface area contributed by atoms with Crippen LogP contribution in [0.25, 0.3) is 0 Å². The highest BCUT2D eigenvalue weighted by Gasteiger charge is 2.15. The summed E-state index contributed by atoms with van der Waals surface area (Å²) in [4.78, 5) is 13.9. The molecule has 2 aliphatic heterocycles. The molecule has 1 N–H and O–H groups in total. The number of ether oxygens (including phenoxy) is 1. The molecular weight excluding hydrogens is 252 g/mol. The number of fused-ring (bicyclic) bond motifs is 1. The number of likely N-dealkylation sites (tertiary alicyclic amines) is 1. The van der Waals surface area contributed by atoms with Crippen LogP contribution in [0.2, 0.25) is 0 Å². The van der Waals surface area contributed by atoms with Gasteiger partial charge in [-0.3, -0.25) is 4.79 Å². The van der Waals surface area contributed by atoms with Gasteiger partial charge in [-0.1, -0.05) is 6.07 Å². The van der Waals surface area contributed by atoms with Crippen molar-refractivity contribution in [3.63, 3.8) is 0 Å². The lowest BCUT2D eigenvalue weighted by Gasteiger charge is -2.18. The minimum Gasteiger partial charge on any atom is -0.493 e. The first-order chi connectivity index (χ1) is 9.81. The molecule has 4 heteroatoms. The lowest BCUT2D eigenvalue weighted by molar-refractivity contribution is -0.116. The molecular formula is C16H22N2O2. The van der Waals surface area contributed by atoms with E-state index in [1.54, 1.807) is 0 Å². The number of aryl methyl sites for hydroxylation is 1. The van der Waals surface area contributed by atoms with Crippen LogP contribution in [0.5, 0.6) is 5.75 Å². The number of hydrogen-bond donors (Lipinski definition) is 1. The van der Waals surface area contributed by atoms with Crippen molar-refractivity contribution >= 4 is 11.6 Å². The van der Waals surface area contributed by atoms with Gasteiger partial charge in [0.2, 0.25) is 5.91 Å². The van der Waals surface area contributed by atoms with Crippen molar-refractivity contribution in [1.82, 2.24) is 4.90 Å². The van der Waals surface area contributed by atoms with E-state index in [1.165, 1.54) is 31.5 Å². The zero-order chi connectivity index (χ0) is 13.8. The maximum absolute atomic E-state index is 11.4. The standard InChI is InChI=1S/C16H22N2O2/c19-16-7-5-13-4-6-14(12-15(13)17-16)20-11-3-10-18-8-1-2-9-18/h4,6,12H,1-3,5,7-11H2,(H,17,19). The molecule has 2 aliphatic rings. The number of nitrogens with zero attached hydrogens (tertiary/aromatic N) is 1. The smallest absolute Gasteiger partial charge is 0.224 e. The molecule has 108 valence electrons. The fraction of sp³-hybridized carbons (Fsp3) is 0.562. The van der Waals surface area contributed by atoms with Crippen LogP contribution in [0.1, 0.15) is 31.2 Å². The first kappa shape index (κ1) is 13.4. The van der Waals surface area contributed by atoms with Gasteiger partial charge in [0.15, 0.2) is 0 Å². The summed E-state index contributed by atoms with van der Waals surface area (Å²) in [5.41, 5.74) is 2.12. The molecule has 0 aromatic heterocycles. The summed E-state index contributed by atoms with van der Waals surface area (Å²) < 4.78 is 5.79. The second-order valence-corrected chi connectivity index (χ2v) is 5.62. The topological polar surface area (TPSA) is 41.6 Å². The van der Waals surface area contributed by atoms with Gasteiger partial charge in [-0.25, -0.2) is 0 Å². The first-order valence-electron chi connectivity index (χ1n) is 7.59. The van der Waals surface area contributed by atoms with Gasteiger partial charge in [0.1, 0.15) is 5.75 Å². The molecule has 3 rings (SSSR count). The Morgan fingerprint density at radius 2 is 2.05 bits per heavy atom. The minimum atomic E-state index is 0.101. The third kappa shape index (κ3) is 3.31. The summed E-state index contributed by atoms with van der Waals surface area (Å²) in [6.45, 7) is 4.35. The zero-order valence-corrected chi connectivity index (χ0v) is 11.9. The highest BCUT2D eigenvalue weighted by atomic mass is 16.5. The van der Waals surface area contributed by atoms with Crippen LogP contribution >= 0.6 is 0 Å². The minimum absolute atomic E-state index is 0.101. The molecule has 0 radical (unpaired) electrons. The number of benzene rings is 1. The van der Waals surface area contributed by atoms with Crippen LogP contribution in [0.15, 0.2) is 18.2 Å². The first-order valence-corrected chi connectivity index (χ1v) is 7.59. The van der Waals surface area contributed by atoms with E-state index in [2.05, 4.69) is 16.3 Å². The van der Waals surface area contributed by atoms with E-state index in [9.17, 15) is 4.79 Å². The molecule has 0 aliphatic carbocycles. The monoisotopic (exact) mass is 274 g/mol. The van der Waals surface area contributed by atoms with Gasteiger partial charge in [-0.15, -0.1) is 0 Å². The van der Waals surface area contributed by atoms with Crippen molar-refractivity contribution in [3.8, 4) is 5.75 Å². The average Bonchev–Trinajstić information content (AvgIpc) is 2.96. The summed E-state index contributed by atoms with van der Waals surface area (Å²) >= 11 is 0. The number of carbonyl (C=O) groups is 1. The van der Waals surface area contributed by atoms with Gasteiger partial charge in [0.05, 0.1) is 6.61 Å². The van der Waals surface area contributed by atoms with Gasteiger partial charge in [-0.05, 0) is 50.4 Å². The molecule has 0 bridgehead atoms. The van der Waals surface area contributed by atoms with Crippen molar-refractivity contribution in [3.05, 3.63) is 23.8 Å². The highest BCUT2D eigenvalue weighted by molar-refractivity contribution is 5.94. The van der Waals surface area contributed by atoms with E-state index >= 15 is 0 Å². The number of anilines is 1. The predicted octanol–water partition coefficient (Wildman–Crippen LogP) is 2.44. The number of carbonyl (C=O) groups excluding carboxylic acids is 1. The molecule has 1 aromatic rings. The molecule has 20 heavy (non-hydrogen) atoms. The lowest BCUT2D eigenvalue weighted by Crippen LogP contribution is -2.22. The van der Waals surface area contributed by atoms with Crippen LogP contribution in [0.4, 0.5) is 5.69 Å². The van der Waals surface area contributed by atoms with E-state index in [1.807, 2.05) is 12.1 Å². The number of hydrogen-bond acceptors (Lipinski definition) is 3. The molecule has 0 saturated carbocycles. The molecule has 0 spiro atoms. The van der Waals surface area contributed by atoms with Crippen LogP contribution in [-0.2, 0) is 11.2 Å². The molecule has 1 saturated heterocycles. The Labute approximate surface area is 120 Å². The van der Waals surface area contributed by atoms with Gasteiger partial charge >= 0.3 is 0 Å². The van der Waals surface area contributed by atoms with Crippen LogP contribution < -0.4 is 10.1 Å². The Morgan fingerprint density at radius 3 is 2.90 bits per heavy atom. The van der Waals surface area contributed by atoms with Gasteiger partial charge in [0.25, 0.3) is 0 Å². The Balaban J connectivity index is 1.47. The molecule has 4 nitrogen and oxygen atoms in total. The molecule has 0 unspecified atom stereocenters. The molecule has 2 heterocycles. The van der Waals surface area contributed by atoms with Crippen molar-refractivity contribution in [2.24, 2.45) is 0 Å². The number of amides is 1. The van der Waals surface area contributed by atoms with Crippen molar-refractivity contribution in [1.29, 1.82) is 0 Å². The van der Waals surface area contributed by atoms with E-state index in [0.29, 0.717) is 6.42 Å². The van der Waals surface area contributed by atoms with Crippen molar-refractivity contribution < 1.29 is 9.53 Å². The van der Waals surface area contributed by atoms with Gasteiger partial charge in [-0.2, -0.15) is 0 Å². The summed E-state index contributed by atoms with van der Waals surface area (Å²) in [5, 5.41) is 2.91. The quantitative estimate of drug-likeness (QED) is 0.839. The molecule has 0 atom stereocenters. The normalized spacial score (nSPS) is 18.7. The molecule has 1 aromatic carbocycles. The zero-order valence-electron chi connectivity index (χ0n) is 11.9. The van der Waals surface area contributed by atoms with E-state index in [0.717, 1.165) is 37.4 Å². The molecule has 1 amide bonds. The fourth-order valence-electron chi connectivity index (χ4n) is 2.93. The fourth-order valence-corrected chi connectivity index (χ4v) is 2.93. The van der Waals surface area contributed by atoms with Gasteiger partial charge in [0, 0.05) is 24.7 Å². The van der Waals surface area contributed by atoms with Gasteiger partial charge < -0.3 is 15.0 Å². The van der Waals surface area contributed by atoms with Crippen molar-refractivity contribution in [2.75, 3.05) is 31.6 Å². The number of rotatable bonds is 5. The molecule has 1 fully saturated rings. The lowest BCUT2D eigenvalue weighted by atomic mass is 10.0. The Hall–Kier alpha value is -1.55. The largest absolute Gasteiger partial charge is 0.493 e. The Kier molecular flexibility index (Phi) is 4.21. The summed E-state index contributed by atoms with van der Waals surface area (Å²) in [6, 6.07) is 6.01. The second-order valence-electron chi connectivity index (χ2n) is 5.62. The van der Waals surface area contributed by atoms with E-state index < -0.39 is 0 Å². The van der Waals surface area contributed by atoms with Crippen LogP contribution in [0, 0.1) is 0 Å². The number of nitrogens with one attached hydrogen (secondary N) is 1. The summed E-state index contributed by atoms with van der Waals surface area (Å²) in [5.74, 6) is 0.955. The maximum Gasteiger partial charge on any atom is 0.224 e. The Bertz CT molecular complexity index is 481. The third-order valence-corrected chi connectivity index (χ3v) is 4.06. The van der Waals surface area contributed by atoms with Crippen molar-refractivity contribution in [2.45, 2.75) is 32.1 Å². The average molecular weight is 274 g/mol.